The van der Waals surface area contributed by atoms with Crippen LogP contribution in [0.4, 0.5) is 11.6 Å². The number of amides is 1. The molecule has 1 aromatic carbocycles. The van der Waals surface area contributed by atoms with Gasteiger partial charge in [-0.15, -0.1) is 0 Å². The quantitative estimate of drug-likeness (QED) is 0.247. The standard InChI is InChI=1S/C28H31ClN8O2S/c1-14-8-17(16(3)31-21-6-7-22(29)32-24(21)26(38)34-40-5)23-18(9-14)27(39)35(4)28(33-23)36-12-19-20(13-36)25(19)37-11-15(2)10-30-37/h6-11,16,19-20,25,31H,12-13H2,1-5H3,(H,34,38). The average Bonchev–Trinajstić information content (AvgIpc) is 3.21. The molecule has 0 radical (unpaired) electrons. The molecule has 1 saturated carbocycles. The third-order valence-electron chi connectivity index (χ3n) is 7.91. The van der Waals surface area contributed by atoms with Gasteiger partial charge in [0.25, 0.3) is 11.5 Å². The largest absolute Gasteiger partial charge is 0.377 e. The number of carbonyl (C=O) groups excluding carboxylic acids is 1. The molecule has 1 aliphatic carbocycles. The van der Waals surface area contributed by atoms with Gasteiger partial charge in [-0.2, -0.15) is 5.10 Å². The molecule has 2 aliphatic rings. The zero-order chi connectivity index (χ0) is 28.3. The number of aromatic nitrogens is 5. The van der Waals surface area contributed by atoms with Gasteiger partial charge in [-0.1, -0.05) is 29.6 Å². The van der Waals surface area contributed by atoms with Gasteiger partial charge < -0.3 is 10.2 Å². The summed E-state index contributed by atoms with van der Waals surface area (Å²) in [5.74, 6) is 1.32. The minimum absolute atomic E-state index is 0.0785. The Morgan fingerprint density at radius 3 is 2.58 bits per heavy atom. The van der Waals surface area contributed by atoms with Crippen molar-refractivity contribution in [3.05, 3.63) is 74.6 Å². The molecular formula is C28H31ClN8O2S. The molecule has 2 fully saturated rings. The Bertz CT molecular complexity index is 1690. The molecule has 1 saturated heterocycles. The molecule has 12 heteroatoms. The molecule has 3 unspecified atom stereocenters. The van der Waals surface area contributed by atoms with Crippen LogP contribution in [0.2, 0.25) is 5.15 Å². The Hall–Kier alpha value is -3.57. The van der Waals surface area contributed by atoms with E-state index >= 15 is 0 Å². The second-order valence-corrected chi connectivity index (χ2v) is 11.8. The first kappa shape index (κ1) is 26.6. The highest BCUT2D eigenvalue weighted by Crippen LogP contribution is 2.55. The lowest BCUT2D eigenvalue weighted by Gasteiger charge is -2.25. The predicted molar refractivity (Wildman–Crippen MR) is 159 cm³/mol. The second kappa shape index (κ2) is 10.1. The maximum absolute atomic E-state index is 13.6. The summed E-state index contributed by atoms with van der Waals surface area (Å²) in [5, 5.41) is 8.73. The molecule has 10 nitrogen and oxygen atoms in total. The van der Waals surface area contributed by atoms with E-state index in [0.29, 0.717) is 40.4 Å². The Morgan fingerprint density at radius 1 is 1.15 bits per heavy atom. The summed E-state index contributed by atoms with van der Waals surface area (Å²) in [5.41, 5.74) is 4.31. The van der Waals surface area contributed by atoms with Crippen molar-refractivity contribution in [2.45, 2.75) is 32.9 Å². The molecule has 4 aromatic rings. The van der Waals surface area contributed by atoms with E-state index in [9.17, 15) is 9.59 Å². The second-order valence-electron chi connectivity index (χ2n) is 10.8. The molecule has 0 bridgehead atoms. The van der Waals surface area contributed by atoms with E-state index in [4.69, 9.17) is 16.6 Å². The fourth-order valence-electron chi connectivity index (χ4n) is 5.98. The number of pyridine rings is 1. The minimum Gasteiger partial charge on any atom is -0.377 e. The van der Waals surface area contributed by atoms with Crippen LogP contribution < -0.4 is 20.5 Å². The van der Waals surface area contributed by atoms with Crippen LogP contribution in [-0.4, -0.2) is 49.6 Å². The van der Waals surface area contributed by atoms with E-state index in [0.717, 1.165) is 29.8 Å². The molecule has 2 N–H and O–H groups in total. The monoisotopic (exact) mass is 578 g/mol. The van der Waals surface area contributed by atoms with Crippen molar-refractivity contribution < 1.29 is 4.79 Å². The third kappa shape index (κ3) is 4.60. The molecular weight excluding hydrogens is 548 g/mol. The number of hydrogen-bond donors (Lipinski definition) is 2. The summed E-state index contributed by atoms with van der Waals surface area (Å²) in [6.45, 7) is 7.68. The molecule has 4 heterocycles. The third-order valence-corrected chi connectivity index (χ3v) is 8.51. The van der Waals surface area contributed by atoms with Crippen molar-refractivity contribution in [3.8, 4) is 0 Å². The van der Waals surface area contributed by atoms with E-state index in [-0.39, 0.29) is 28.4 Å². The van der Waals surface area contributed by atoms with Crippen LogP contribution in [0.15, 0.2) is 41.5 Å². The molecule has 208 valence electrons. The molecule has 0 spiro atoms. The van der Waals surface area contributed by atoms with Gasteiger partial charge in [0.15, 0.2) is 5.69 Å². The van der Waals surface area contributed by atoms with Crippen molar-refractivity contribution in [2.24, 2.45) is 18.9 Å². The number of hydrogen-bond acceptors (Lipinski definition) is 8. The highest BCUT2D eigenvalue weighted by atomic mass is 35.5. The highest BCUT2D eigenvalue weighted by Gasteiger charge is 2.58. The summed E-state index contributed by atoms with van der Waals surface area (Å²) in [4.78, 5) is 37.8. The molecule has 3 aromatic heterocycles. The molecule has 6 rings (SSSR count). The van der Waals surface area contributed by atoms with Gasteiger partial charge >= 0.3 is 0 Å². The maximum Gasteiger partial charge on any atom is 0.281 e. The number of nitrogens with one attached hydrogen (secondary N) is 2. The van der Waals surface area contributed by atoms with Gasteiger partial charge in [0.05, 0.1) is 34.9 Å². The first-order chi connectivity index (χ1) is 19.2. The van der Waals surface area contributed by atoms with Crippen LogP contribution >= 0.6 is 23.5 Å². The first-order valence-corrected chi connectivity index (χ1v) is 14.8. The van der Waals surface area contributed by atoms with Gasteiger partial charge in [0, 0.05) is 50.0 Å². The summed E-state index contributed by atoms with van der Waals surface area (Å²) in [7, 11) is 1.79. The normalized spacial score (nSPS) is 20.4. The van der Waals surface area contributed by atoms with Gasteiger partial charge in [-0.3, -0.25) is 23.6 Å². The van der Waals surface area contributed by atoms with Gasteiger partial charge in [-0.05, 0) is 50.1 Å². The SMILES string of the molecule is CSNC(=O)c1nc(Cl)ccc1NC(C)c1cc(C)cc2c(=O)n(C)c(N3CC4C(C3)C4n3cc(C)cn3)nc12. The van der Waals surface area contributed by atoms with E-state index < -0.39 is 0 Å². The molecule has 1 amide bonds. The summed E-state index contributed by atoms with van der Waals surface area (Å²) < 4.78 is 6.45. The number of carbonyl (C=O) groups is 1. The number of nitrogens with zero attached hydrogens (tertiary/aromatic N) is 6. The number of fused-ring (bicyclic) bond motifs is 2. The number of anilines is 2. The van der Waals surface area contributed by atoms with Crippen molar-refractivity contribution in [3.63, 3.8) is 0 Å². The van der Waals surface area contributed by atoms with Gasteiger partial charge in [-0.25, -0.2) is 9.97 Å². The highest BCUT2D eigenvalue weighted by molar-refractivity contribution is 7.97. The lowest BCUT2D eigenvalue weighted by atomic mass is 10.0. The van der Waals surface area contributed by atoms with Crippen LogP contribution in [0.25, 0.3) is 10.9 Å². The Balaban J connectivity index is 1.33. The average molecular weight is 579 g/mol. The van der Waals surface area contributed by atoms with Crippen molar-refractivity contribution in [2.75, 3.05) is 29.6 Å². The van der Waals surface area contributed by atoms with E-state index in [1.54, 1.807) is 30.0 Å². The van der Waals surface area contributed by atoms with E-state index in [2.05, 4.69) is 42.8 Å². The lowest BCUT2D eigenvalue weighted by molar-refractivity contribution is 0.0980. The number of benzene rings is 1. The van der Waals surface area contributed by atoms with Gasteiger partial charge in [0.2, 0.25) is 5.95 Å². The van der Waals surface area contributed by atoms with Crippen LogP contribution in [0, 0.1) is 25.7 Å². The summed E-state index contributed by atoms with van der Waals surface area (Å²) >= 11 is 7.29. The smallest absolute Gasteiger partial charge is 0.281 e. The zero-order valence-electron chi connectivity index (χ0n) is 23.0. The van der Waals surface area contributed by atoms with Crippen LogP contribution in [0.5, 0.6) is 0 Å². The fraction of sp³-hybridized carbons (Fsp3) is 0.393. The van der Waals surface area contributed by atoms with Crippen molar-refractivity contribution in [1.29, 1.82) is 0 Å². The zero-order valence-corrected chi connectivity index (χ0v) is 24.5. The number of piperidine rings is 1. The van der Waals surface area contributed by atoms with Crippen molar-refractivity contribution in [1.82, 2.24) is 29.0 Å². The Kier molecular flexibility index (Phi) is 6.74. The van der Waals surface area contributed by atoms with Crippen LogP contribution in [0.3, 0.4) is 0 Å². The van der Waals surface area contributed by atoms with E-state index in [1.807, 2.05) is 32.2 Å². The van der Waals surface area contributed by atoms with E-state index in [1.165, 1.54) is 11.9 Å². The Labute approximate surface area is 241 Å². The fourth-order valence-corrected chi connectivity index (χ4v) is 6.41. The Morgan fingerprint density at radius 2 is 1.90 bits per heavy atom. The molecule has 3 atom stereocenters. The predicted octanol–water partition coefficient (Wildman–Crippen LogP) is 4.28. The number of aryl methyl sites for hydroxylation is 2. The van der Waals surface area contributed by atoms with Crippen LogP contribution in [-0.2, 0) is 7.05 Å². The lowest BCUT2D eigenvalue weighted by Crippen LogP contribution is -2.33. The molecule has 1 aliphatic heterocycles. The van der Waals surface area contributed by atoms with Crippen LogP contribution in [0.1, 0.15) is 46.2 Å². The topological polar surface area (TPSA) is 110 Å². The summed E-state index contributed by atoms with van der Waals surface area (Å²) in [6, 6.07) is 7.45. The van der Waals surface area contributed by atoms with Crippen molar-refractivity contribution >= 4 is 52.0 Å². The summed E-state index contributed by atoms with van der Waals surface area (Å²) in [6.07, 6.45) is 5.77. The molecule has 40 heavy (non-hydrogen) atoms. The maximum atomic E-state index is 13.6. The number of halogens is 1. The number of rotatable bonds is 7. The van der Waals surface area contributed by atoms with Gasteiger partial charge in [0.1, 0.15) is 5.15 Å². The first-order valence-electron chi connectivity index (χ1n) is 13.2. The minimum atomic E-state index is -0.343.